The van der Waals surface area contributed by atoms with Gasteiger partial charge in [-0.3, -0.25) is 4.79 Å². The van der Waals surface area contributed by atoms with Gasteiger partial charge in [-0.05, 0) is 58.7 Å². The molecular formula is C14H10BrCl2NO. The van der Waals surface area contributed by atoms with Crippen LogP contribution in [0.15, 0.2) is 40.9 Å². The number of hydrogen-bond acceptors (Lipinski definition) is 1. The van der Waals surface area contributed by atoms with Crippen LogP contribution in [0.25, 0.3) is 0 Å². The van der Waals surface area contributed by atoms with Crippen molar-refractivity contribution in [1.29, 1.82) is 0 Å². The van der Waals surface area contributed by atoms with Crippen LogP contribution < -0.4 is 5.32 Å². The number of nitrogens with one attached hydrogen (secondary N) is 1. The van der Waals surface area contributed by atoms with Crippen molar-refractivity contribution in [3.8, 4) is 0 Å². The third-order valence-electron chi connectivity index (χ3n) is 2.62. The van der Waals surface area contributed by atoms with E-state index >= 15 is 0 Å². The molecule has 0 heterocycles. The van der Waals surface area contributed by atoms with Crippen molar-refractivity contribution >= 4 is 50.7 Å². The molecule has 2 aromatic carbocycles. The maximum absolute atomic E-state index is 12.2. The Bertz CT molecular complexity index is 643. The predicted octanol–water partition coefficient (Wildman–Crippen LogP) is 5.32. The van der Waals surface area contributed by atoms with E-state index < -0.39 is 0 Å². The lowest BCUT2D eigenvalue weighted by molar-refractivity contribution is 0.102. The maximum Gasteiger partial charge on any atom is 0.256 e. The molecule has 0 bridgehead atoms. The summed E-state index contributed by atoms with van der Waals surface area (Å²) in [5.74, 6) is -0.219. The molecule has 0 atom stereocenters. The van der Waals surface area contributed by atoms with Gasteiger partial charge in [-0.15, -0.1) is 0 Å². The number of carbonyl (C=O) groups is 1. The third-order valence-corrected chi connectivity index (χ3v) is 3.78. The highest BCUT2D eigenvalue weighted by Crippen LogP contribution is 2.27. The lowest BCUT2D eigenvalue weighted by atomic mass is 10.1. The van der Waals surface area contributed by atoms with Gasteiger partial charge in [-0.25, -0.2) is 0 Å². The number of benzene rings is 2. The van der Waals surface area contributed by atoms with Gasteiger partial charge in [0.15, 0.2) is 0 Å². The predicted molar refractivity (Wildman–Crippen MR) is 83.3 cm³/mol. The van der Waals surface area contributed by atoms with Crippen LogP contribution in [0, 0.1) is 6.92 Å². The molecule has 0 fully saturated rings. The second-order valence-electron chi connectivity index (χ2n) is 4.04. The molecule has 0 aliphatic carbocycles. The quantitative estimate of drug-likeness (QED) is 0.773. The van der Waals surface area contributed by atoms with E-state index in [0.29, 0.717) is 21.3 Å². The van der Waals surface area contributed by atoms with Crippen LogP contribution in [0.4, 0.5) is 5.69 Å². The van der Waals surface area contributed by atoms with Gasteiger partial charge in [-0.1, -0.05) is 29.3 Å². The van der Waals surface area contributed by atoms with Crippen molar-refractivity contribution in [2.24, 2.45) is 0 Å². The fourth-order valence-electron chi connectivity index (χ4n) is 1.62. The van der Waals surface area contributed by atoms with Crippen molar-refractivity contribution < 1.29 is 4.79 Å². The van der Waals surface area contributed by atoms with E-state index in [-0.39, 0.29) is 5.91 Å². The van der Waals surface area contributed by atoms with Gasteiger partial charge >= 0.3 is 0 Å². The van der Waals surface area contributed by atoms with Crippen LogP contribution >= 0.6 is 39.1 Å². The van der Waals surface area contributed by atoms with E-state index in [1.54, 1.807) is 30.3 Å². The summed E-state index contributed by atoms with van der Waals surface area (Å²) in [6.45, 7) is 1.86. The average Bonchev–Trinajstić information content (AvgIpc) is 2.36. The summed E-state index contributed by atoms with van der Waals surface area (Å²) in [4.78, 5) is 12.2. The first-order valence-corrected chi connectivity index (χ1v) is 7.05. The highest BCUT2D eigenvalue weighted by molar-refractivity contribution is 9.10. The Labute approximate surface area is 129 Å². The molecule has 0 unspecified atom stereocenters. The van der Waals surface area contributed by atoms with Crippen LogP contribution in [0.1, 0.15) is 15.9 Å². The Hall–Kier alpha value is -1.03. The third kappa shape index (κ3) is 3.50. The summed E-state index contributed by atoms with van der Waals surface area (Å²) >= 11 is 15.2. The van der Waals surface area contributed by atoms with E-state index in [1.807, 2.05) is 13.0 Å². The van der Waals surface area contributed by atoms with Gasteiger partial charge in [0.25, 0.3) is 5.91 Å². The highest BCUT2D eigenvalue weighted by atomic mass is 79.9. The summed E-state index contributed by atoms with van der Waals surface area (Å²) in [5, 5.41) is 3.89. The zero-order chi connectivity index (χ0) is 14.0. The second-order valence-corrected chi connectivity index (χ2v) is 5.76. The van der Waals surface area contributed by atoms with Gasteiger partial charge in [0.1, 0.15) is 0 Å². The van der Waals surface area contributed by atoms with Gasteiger partial charge in [-0.2, -0.15) is 0 Å². The first-order chi connectivity index (χ1) is 8.97. The molecule has 1 amide bonds. The maximum atomic E-state index is 12.2. The smallest absolute Gasteiger partial charge is 0.256 e. The van der Waals surface area contributed by atoms with Crippen molar-refractivity contribution in [3.05, 3.63) is 62.0 Å². The summed E-state index contributed by atoms with van der Waals surface area (Å²) in [5.41, 5.74) is 2.02. The van der Waals surface area contributed by atoms with Gasteiger partial charge in [0.05, 0.1) is 5.69 Å². The molecule has 0 aliphatic heterocycles. The summed E-state index contributed by atoms with van der Waals surface area (Å²) in [7, 11) is 0. The largest absolute Gasteiger partial charge is 0.321 e. The van der Waals surface area contributed by atoms with Gasteiger partial charge in [0.2, 0.25) is 0 Å². The van der Waals surface area contributed by atoms with E-state index in [0.717, 1.165) is 10.0 Å². The van der Waals surface area contributed by atoms with Crippen LogP contribution in [-0.2, 0) is 0 Å². The number of rotatable bonds is 2. The molecule has 2 aromatic rings. The number of carbonyl (C=O) groups excluding carboxylic acids is 1. The molecule has 0 spiro atoms. The minimum Gasteiger partial charge on any atom is -0.321 e. The first kappa shape index (κ1) is 14.4. The Morgan fingerprint density at radius 3 is 2.47 bits per heavy atom. The van der Waals surface area contributed by atoms with E-state index in [4.69, 9.17) is 23.2 Å². The fraction of sp³-hybridized carbons (Fsp3) is 0.0714. The first-order valence-electron chi connectivity index (χ1n) is 5.50. The van der Waals surface area contributed by atoms with Crippen molar-refractivity contribution in [3.63, 3.8) is 0 Å². The van der Waals surface area contributed by atoms with Crippen LogP contribution in [0.2, 0.25) is 10.0 Å². The number of aryl methyl sites for hydroxylation is 1. The molecule has 1 N–H and O–H groups in total. The SMILES string of the molecule is Cc1ccc(Cl)cc1C(=O)Nc1cc(Cl)ccc1Br. The fourth-order valence-corrected chi connectivity index (χ4v) is 2.31. The topological polar surface area (TPSA) is 29.1 Å². The average molecular weight is 359 g/mol. The van der Waals surface area contributed by atoms with Crippen LogP contribution in [0.3, 0.4) is 0 Å². The summed E-state index contributed by atoms with van der Waals surface area (Å²) in [6.07, 6.45) is 0. The summed E-state index contributed by atoms with van der Waals surface area (Å²) < 4.78 is 0.768. The lowest BCUT2D eigenvalue weighted by Gasteiger charge is -2.10. The number of hydrogen-bond donors (Lipinski definition) is 1. The Kier molecular flexibility index (Phi) is 4.50. The number of amides is 1. The van der Waals surface area contributed by atoms with Crippen molar-refractivity contribution in [1.82, 2.24) is 0 Å². The Balaban J connectivity index is 2.30. The monoisotopic (exact) mass is 357 g/mol. The number of halogens is 3. The van der Waals surface area contributed by atoms with Crippen molar-refractivity contribution in [2.45, 2.75) is 6.92 Å². The minimum absolute atomic E-state index is 0.219. The van der Waals surface area contributed by atoms with Gasteiger partial charge < -0.3 is 5.32 Å². The zero-order valence-corrected chi connectivity index (χ0v) is 13.1. The molecule has 0 aromatic heterocycles. The Morgan fingerprint density at radius 2 is 1.74 bits per heavy atom. The summed E-state index contributed by atoms with van der Waals surface area (Å²) in [6, 6.07) is 10.4. The molecule has 19 heavy (non-hydrogen) atoms. The van der Waals surface area contributed by atoms with Crippen molar-refractivity contribution in [2.75, 3.05) is 5.32 Å². The van der Waals surface area contributed by atoms with E-state index in [9.17, 15) is 4.79 Å². The van der Waals surface area contributed by atoms with E-state index in [1.165, 1.54) is 0 Å². The highest BCUT2D eigenvalue weighted by Gasteiger charge is 2.11. The lowest BCUT2D eigenvalue weighted by Crippen LogP contribution is -2.13. The minimum atomic E-state index is -0.219. The molecule has 0 aliphatic rings. The van der Waals surface area contributed by atoms with Crippen LogP contribution in [-0.4, -0.2) is 5.91 Å². The van der Waals surface area contributed by atoms with Gasteiger partial charge in [0, 0.05) is 20.1 Å². The molecule has 0 radical (unpaired) electrons. The van der Waals surface area contributed by atoms with Crippen LogP contribution in [0.5, 0.6) is 0 Å². The van der Waals surface area contributed by atoms with E-state index in [2.05, 4.69) is 21.2 Å². The molecule has 98 valence electrons. The zero-order valence-electron chi connectivity index (χ0n) is 10.0. The molecule has 0 saturated heterocycles. The second kappa shape index (κ2) is 5.95. The Morgan fingerprint density at radius 1 is 1.11 bits per heavy atom. The molecule has 0 saturated carbocycles. The molecule has 5 heteroatoms. The molecular weight excluding hydrogens is 349 g/mol. The standard InChI is InChI=1S/C14H10BrCl2NO/c1-8-2-3-9(16)6-11(8)14(19)18-13-7-10(17)4-5-12(13)15/h2-7H,1H3,(H,18,19). The normalized spacial score (nSPS) is 10.3. The number of anilines is 1. The molecule has 2 rings (SSSR count). The molecule has 2 nitrogen and oxygen atoms in total.